The number of nitrogens with zero attached hydrogens (tertiary/aromatic N) is 3. The lowest BCUT2D eigenvalue weighted by atomic mass is 10.1. The molecule has 1 aromatic heterocycles. The first kappa shape index (κ1) is 15.9. The molecule has 1 N–H and O–H groups in total. The van der Waals surface area contributed by atoms with E-state index in [4.69, 9.17) is 0 Å². The van der Waals surface area contributed by atoms with Gasteiger partial charge in [0.05, 0.1) is 5.69 Å². The molecule has 0 bridgehead atoms. The molecule has 2 heterocycles. The minimum atomic E-state index is -0.229. The van der Waals surface area contributed by atoms with E-state index in [1.807, 2.05) is 30.3 Å². The van der Waals surface area contributed by atoms with Gasteiger partial charge >= 0.3 is 0 Å². The highest BCUT2D eigenvalue weighted by Crippen LogP contribution is 2.19. The summed E-state index contributed by atoms with van der Waals surface area (Å²) in [5.74, 6) is -0.333. The fraction of sp³-hybridized carbons (Fsp3) is 0.222. The van der Waals surface area contributed by atoms with E-state index < -0.39 is 0 Å². The van der Waals surface area contributed by atoms with E-state index >= 15 is 0 Å². The van der Waals surface area contributed by atoms with E-state index in [9.17, 15) is 9.59 Å². The molecule has 0 aliphatic carbocycles. The predicted octanol–water partition coefficient (Wildman–Crippen LogP) is 1.92. The van der Waals surface area contributed by atoms with E-state index in [1.165, 1.54) is 5.01 Å². The Morgan fingerprint density at radius 1 is 1.12 bits per heavy atom. The van der Waals surface area contributed by atoms with Crippen molar-refractivity contribution >= 4 is 23.2 Å². The monoisotopic (exact) mass is 322 g/mol. The second kappa shape index (κ2) is 7.50. The smallest absolute Gasteiger partial charge is 0.267 e. The summed E-state index contributed by atoms with van der Waals surface area (Å²) < 4.78 is 0. The quantitative estimate of drug-likeness (QED) is 0.914. The molecule has 0 spiro atoms. The van der Waals surface area contributed by atoms with Gasteiger partial charge in [0.2, 0.25) is 5.91 Å². The highest BCUT2D eigenvalue weighted by molar-refractivity contribution is 6.40. The molecule has 0 saturated heterocycles. The van der Waals surface area contributed by atoms with Gasteiger partial charge in [-0.15, -0.1) is 0 Å². The van der Waals surface area contributed by atoms with E-state index in [-0.39, 0.29) is 18.2 Å². The van der Waals surface area contributed by atoms with Crippen molar-refractivity contribution in [3.05, 3.63) is 60.4 Å². The van der Waals surface area contributed by atoms with E-state index in [1.54, 1.807) is 24.5 Å². The molecule has 0 saturated carbocycles. The van der Waals surface area contributed by atoms with Gasteiger partial charge in [-0.2, -0.15) is 5.10 Å². The number of aromatic nitrogens is 1. The average Bonchev–Trinajstić information content (AvgIpc) is 2.63. The molecule has 6 nitrogen and oxygen atoms in total. The third-order valence-electron chi connectivity index (χ3n) is 3.72. The van der Waals surface area contributed by atoms with Crippen molar-refractivity contribution in [3.8, 4) is 0 Å². The number of carbonyl (C=O) groups is 2. The van der Waals surface area contributed by atoms with E-state index in [0.717, 1.165) is 5.56 Å². The molecule has 6 heteroatoms. The van der Waals surface area contributed by atoms with Gasteiger partial charge in [0.15, 0.2) is 0 Å². The average molecular weight is 322 g/mol. The fourth-order valence-corrected chi connectivity index (χ4v) is 2.46. The van der Waals surface area contributed by atoms with Gasteiger partial charge in [-0.25, -0.2) is 5.01 Å². The number of amides is 2. The Morgan fingerprint density at radius 3 is 2.71 bits per heavy atom. The fourth-order valence-electron chi connectivity index (χ4n) is 2.46. The summed E-state index contributed by atoms with van der Waals surface area (Å²) >= 11 is 0. The Labute approximate surface area is 140 Å². The summed E-state index contributed by atoms with van der Waals surface area (Å²) in [6.45, 7) is 0.503. The second-order valence-electron chi connectivity index (χ2n) is 5.45. The normalized spacial score (nSPS) is 14.2. The van der Waals surface area contributed by atoms with Crippen LogP contribution in [0.1, 0.15) is 18.4 Å². The zero-order valence-corrected chi connectivity index (χ0v) is 13.2. The Balaban J connectivity index is 1.62. The lowest BCUT2D eigenvalue weighted by Crippen LogP contribution is -2.39. The van der Waals surface area contributed by atoms with Crippen LogP contribution in [0.15, 0.2) is 60.0 Å². The molecule has 0 fully saturated rings. The number of anilines is 1. The van der Waals surface area contributed by atoms with Crippen LogP contribution in [0.4, 0.5) is 5.69 Å². The molecular weight excluding hydrogens is 304 g/mol. The minimum Gasteiger partial charge on any atom is -0.351 e. The maximum absolute atomic E-state index is 12.3. The summed E-state index contributed by atoms with van der Waals surface area (Å²) in [6, 6.07) is 13.0. The van der Waals surface area contributed by atoms with Crippen molar-refractivity contribution in [1.82, 2.24) is 10.3 Å². The summed E-state index contributed by atoms with van der Waals surface area (Å²) in [6.07, 6.45) is 4.84. The van der Waals surface area contributed by atoms with Gasteiger partial charge in [-0.3, -0.25) is 14.6 Å². The van der Waals surface area contributed by atoms with Crippen molar-refractivity contribution < 1.29 is 9.59 Å². The van der Waals surface area contributed by atoms with E-state index in [2.05, 4.69) is 15.4 Å². The van der Waals surface area contributed by atoms with Crippen LogP contribution in [0.5, 0.6) is 0 Å². The van der Waals surface area contributed by atoms with Gasteiger partial charge in [0, 0.05) is 31.8 Å². The first-order chi connectivity index (χ1) is 11.7. The number of para-hydroxylation sites is 1. The highest BCUT2D eigenvalue weighted by atomic mass is 16.2. The molecular formula is C18H18N4O2. The number of rotatable bonds is 5. The summed E-state index contributed by atoms with van der Waals surface area (Å²) in [7, 11) is 0. The lowest BCUT2D eigenvalue weighted by molar-refractivity contribution is -0.118. The lowest BCUT2D eigenvalue weighted by Gasteiger charge is -2.23. The zero-order valence-electron chi connectivity index (χ0n) is 13.2. The molecule has 2 aromatic rings. The van der Waals surface area contributed by atoms with Crippen molar-refractivity contribution in [1.29, 1.82) is 0 Å². The number of carbonyl (C=O) groups excluding carboxylic acids is 2. The van der Waals surface area contributed by atoms with Gasteiger partial charge in [0.25, 0.3) is 5.91 Å². The van der Waals surface area contributed by atoms with Crippen LogP contribution in [0, 0.1) is 0 Å². The summed E-state index contributed by atoms with van der Waals surface area (Å²) in [5.41, 5.74) is 2.11. The minimum absolute atomic E-state index is 0.104. The molecule has 24 heavy (non-hydrogen) atoms. The highest BCUT2D eigenvalue weighted by Gasteiger charge is 2.25. The van der Waals surface area contributed by atoms with Crippen LogP contribution in [-0.4, -0.2) is 29.1 Å². The van der Waals surface area contributed by atoms with Crippen molar-refractivity contribution in [3.63, 3.8) is 0 Å². The van der Waals surface area contributed by atoms with Gasteiger partial charge in [-0.1, -0.05) is 24.3 Å². The van der Waals surface area contributed by atoms with Crippen molar-refractivity contribution in [2.75, 3.05) is 11.6 Å². The van der Waals surface area contributed by atoms with Crippen molar-refractivity contribution in [2.45, 2.75) is 19.3 Å². The molecule has 0 unspecified atom stereocenters. The first-order valence-corrected chi connectivity index (χ1v) is 7.86. The van der Waals surface area contributed by atoms with Crippen LogP contribution in [0.25, 0.3) is 0 Å². The Morgan fingerprint density at radius 2 is 1.96 bits per heavy atom. The van der Waals surface area contributed by atoms with Crippen LogP contribution >= 0.6 is 0 Å². The Kier molecular flexibility index (Phi) is 4.96. The van der Waals surface area contributed by atoms with Crippen molar-refractivity contribution in [2.24, 2.45) is 5.10 Å². The summed E-state index contributed by atoms with van der Waals surface area (Å²) in [4.78, 5) is 28.4. The number of hydrogen-bond acceptors (Lipinski definition) is 4. The second-order valence-corrected chi connectivity index (χ2v) is 5.45. The largest absolute Gasteiger partial charge is 0.351 e. The van der Waals surface area contributed by atoms with Gasteiger partial charge < -0.3 is 5.32 Å². The summed E-state index contributed by atoms with van der Waals surface area (Å²) in [5, 5.41) is 8.39. The number of hydrazone groups is 1. The predicted molar refractivity (Wildman–Crippen MR) is 91.5 cm³/mol. The third-order valence-corrected chi connectivity index (χ3v) is 3.72. The molecule has 3 rings (SSSR count). The maximum Gasteiger partial charge on any atom is 0.267 e. The number of hydrogen-bond donors (Lipinski definition) is 1. The van der Waals surface area contributed by atoms with E-state index in [0.29, 0.717) is 30.8 Å². The first-order valence-electron chi connectivity index (χ1n) is 7.86. The third kappa shape index (κ3) is 3.84. The molecule has 122 valence electrons. The van der Waals surface area contributed by atoms with Crippen LogP contribution in [-0.2, 0) is 16.0 Å². The molecule has 2 amide bonds. The zero-order chi connectivity index (χ0) is 16.8. The SMILES string of the molecule is O=C(NCCc1cccnc1)C1=NN(c2ccccc2)C(=O)CC1. The van der Waals surface area contributed by atoms with Gasteiger partial charge in [0.1, 0.15) is 5.71 Å². The standard InChI is InChI=1S/C18H18N4O2/c23-17-9-8-16(21-22(17)15-6-2-1-3-7-15)18(24)20-12-10-14-5-4-11-19-13-14/h1-7,11,13H,8-10,12H2,(H,20,24). The maximum atomic E-state index is 12.3. The Bertz CT molecular complexity index is 744. The Hall–Kier alpha value is -3.02. The molecule has 1 aliphatic heterocycles. The molecule has 0 atom stereocenters. The number of nitrogens with one attached hydrogen (secondary N) is 1. The van der Waals surface area contributed by atoms with Crippen LogP contribution < -0.4 is 10.3 Å². The van der Waals surface area contributed by atoms with Crippen LogP contribution in [0.3, 0.4) is 0 Å². The van der Waals surface area contributed by atoms with Crippen LogP contribution in [0.2, 0.25) is 0 Å². The molecule has 1 aliphatic rings. The molecule has 1 aromatic carbocycles. The topological polar surface area (TPSA) is 74.7 Å². The number of pyridine rings is 1. The molecule has 0 radical (unpaired) electrons. The van der Waals surface area contributed by atoms with Gasteiger partial charge in [-0.05, 0) is 30.2 Å². The number of benzene rings is 1.